The standard InChI is InChI=1S/C15H17NO2S/c1-19(17,18)15(13-10-6-3-7-11-13)14(16)12-8-4-2-5-9-12/h2-11,14-15H,16H2,1H3. The van der Waals surface area contributed by atoms with Gasteiger partial charge in [0.05, 0.1) is 6.04 Å². The Labute approximate surface area is 114 Å². The quantitative estimate of drug-likeness (QED) is 0.932. The van der Waals surface area contributed by atoms with Crippen molar-refractivity contribution in [2.75, 3.05) is 6.26 Å². The minimum atomic E-state index is -3.29. The fraction of sp³-hybridized carbons (Fsp3) is 0.200. The lowest BCUT2D eigenvalue weighted by molar-refractivity contribution is 0.567. The van der Waals surface area contributed by atoms with Crippen molar-refractivity contribution in [2.24, 2.45) is 5.73 Å². The maximum absolute atomic E-state index is 12.1. The predicted octanol–water partition coefficient (Wildman–Crippen LogP) is 2.47. The molecule has 0 spiro atoms. The third-order valence-corrected chi connectivity index (χ3v) is 4.59. The van der Waals surface area contributed by atoms with Gasteiger partial charge in [-0.2, -0.15) is 0 Å². The van der Waals surface area contributed by atoms with Gasteiger partial charge in [0.1, 0.15) is 5.25 Å². The molecule has 2 aromatic rings. The zero-order chi connectivity index (χ0) is 13.9. The summed E-state index contributed by atoms with van der Waals surface area (Å²) >= 11 is 0. The molecule has 2 atom stereocenters. The van der Waals surface area contributed by atoms with Gasteiger partial charge in [-0.25, -0.2) is 8.42 Å². The van der Waals surface area contributed by atoms with Gasteiger partial charge in [-0.05, 0) is 11.1 Å². The molecule has 2 N–H and O–H groups in total. The van der Waals surface area contributed by atoms with Gasteiger partial charge >= 0.3 is 0 Å². The van der Waals surface area contributed by atoms with Gasteiger partial charge in [0.25, 0.3) is 0 Å². The van der Waals surface area contributed by atoms with Crippen LogP contribution in [-0.4, -0.2) is 14.7 Å². The summed E-state index contributed by atoms with van der Waals surface area (Å²) in [6.45, 7) is 0. The van der Waals surface area contributed by atoms with Crippen LogP contribution in [0.4, 0.5) is 0 Å². The second-order valence-corrected chi connectivity index (χ2v) is 6.76. The monoisotopic (exact) mass is 275 g/mol. The molecule has 0 amide bonds. The lowest BCUT2D eigenvalue weighted by Crippen LogP contribution is -2.26. The van der Waals surface area contributed by atoms with Crippen molar-refractivity contribution in [3.63, 3.8) is 0 Å². The number of benzene rings is 2. The van der Waals surface area contributed by atoms with Gasteiger partial charge in [0.15, 0.2) is 9.84 Å². The van der Waals surface area contributed by atoms with Crippen LogP contribution in [0.3, 0.4) is 0 Å². The Morgan fingerprint density at radius 2 is 1.26 bits per heavy atom. The first-order valence-electron chi connectivity index (χ1n) is 6.04. The molecule has 0 aliphatic carbocycles. The van der Waals surface area contributed by atoms with E-state index in [1.54, 1.807) is 12.1 Å². The number of rotatable bonds is 4. The molecule has 0 radical (unpaired) electrons. The first-order valence-corrected chi connectivity index (χ1v) is 8.00. The third kappa shape index (κ3) is 3.22. The maximum Gasteiger partial charge on any atom is 0.156 e. The van der Waals surface area contributed by atoms with Gasteiger partial charge in [-0.15, -0.1) is 0 Å². The summed E-state index contributed by atoms with van der Waals surface area (Å²) in [7, 11) is -3.29. The largest absolute Gasteiger partial charge is 0.323 e. The average molecular weight is 275 g/mol. The lowest BCUT2D eigenvalue weighted by Gasteiger charge is -2.23. The maximum atomic E-state index is 12.1. The van der Waals surface area contributed by atoms with Crippen molar-refractivity contribution >= 4 is 9.84 Å². The Hall–Kier alpha value is -1.65. The highest BCUT2D eigenvalue weighted by atomic mass is 32.2. The molecule has 0 aliphatic heterocycles. The molecule has 2 rings (SSSR count). The van der Waals surface area contributed by atoms with Crippen molar-refractivity contribution in [1.29, 1.82) is 0 Å². The Kier molecular flexibility index (Phi) is 4.02. The summed E-state index contributed by atoms with van der Waals surface area (Å²) in [5.74, 6) is 0. The van der Waals surface area contributed by atoms with Crippen LogP contribution in [0, 0.1) is 0 Å². The van der Waals surface area contributed by atoms with Gasteiger partial charge in [-0.3, -0.25) is 0 Å². The molecule has 19 heavy (non-hydrogen) atoms. The SMILES string of the molecule is CS(=O)(=O)C(c1ccccc1)C(N)c1ccccc1. The molecule has 100 valence electrons. The number of hydrogen-bond acceptors (Lipinski definition) is 3. The molecule has 4 heteroatoms. The van der Waals surface area contributed by atoms with E-state index in [1.807, 2.05) is 48.5 Å². The summed E-state index contributed by atoms with van der Waals surface area (Å²) in [4.78, 5) is 0. The Balaban J connectivity index is 2.46. The van der Waals surface area contributed by atoms with Crippen molar-refractivity contribution in [1.82, 2.24) is 0 Å². The zero-order valence-corrected chi connectivity index (χ0v) is 11.5. The summed E-state index contributed by atoms with van der Waals surface area (Å²) < 4.78 is 24.1. The van der Waals surface area contributed by atoms with E-state index in [-0.39, 0.29) is 0 Å². The van der Waals surface area contributed by atoms with Crippen molar-refractivity contribution < 1.29 is 8.42 Å². The highest BCUT2D eigenvalue weighted by Crippen LogP contribution is 2.33. The minimum Gasteiger partial charge on any atom is -0.323 e. The van der Waals surface area contributed by atoms with Gasteiger partial charge in [0, 0.05) is 6.26 Å². The molecule has 0 fully saturated rings. The first kappa shape index (κ1) is 13.8. The molecule has 0 bridgehead atoms. The third-order valence-electron chi connectivity index (χ3n) is 3.10. The van der Waals surface area contributed by atoms with Crippen LogP contribution in [0.15, 0.2) is 60.7 Å². The van der Waals surface area contributed by atoms with Gasteiger partial charge in [0.2, 0.25) is 0 Å². The normalized spacial score (nSPS) is 14.8. The molecule has 3 nitrogen and oxygen atoms in total. The fourth-order valence-electron chi connectivity index (χ4n) is 2.21. The molecule has 0 heterocycles. The molecule has 2 unspecified atom stereocenters. The van der Waals surface area contributed by atoms with Gasteiger partial charge in [-0.1, -0.05) is 60.7 Å². The van der Waals surface area contributed by atoms with Crippen LogP contribution < -0.4 is 5.73 Å². The van der Waals surface area contributed by atoms with Crippen LogP contribution in [-0.2, 0) is 9.84 Å². The second-order valence-electron chi connectivity index (χ2n) is 4.60. The topological polar surface area (TPSA) is 60.2 Å². The number of nitrogens with two attached hydrogens (primary N) is 1. The van der Waals surface area contributed by atoms with E-state index < -0.39 is 21.1 Å². The van der Waals surface area contributed by atoms with Crippen molar-refractivity contribution in [2.45, 2.75) is 11.3 Å². The van der Waals surface area contributed by atoms with E-state index >= 15 is 0 Å². The van der Waals surface area contributed by atoms with Gasteiger partial charge < -0.3 is 5.73 Å². The average Bonchev–Trinajstić information content (AvgIpc) is 2.39. The van der Waals surface area contributed by atoms with Crippen LogP contribution >= 0.6 is 0 Å². The Morgan fingerprint density at radius 1 is 0.842 bits per heavy atom. The summed E-state index contributed by atoms with van der Waals surface area (Å²) in [6.07, 6.45) is 1.23. The second kappa shape index (κ2) is 5.55. The number of sulfone groups is 1. The highest BCUT2D eigenvalue weighted by molar-refractivity contribution is 7.91. The van der Waals surface area contributed by atoms with E-state index in [1.165, 1.54) is 6.26 Å². The fourth-order valence-corrected chi connectivity index (χ4v) is 3.55. The molecular weight excluding hydrogens is 258 g/mol. The molecule has 0 aliphatic rings. The van der Waals surface area contributed by atoms with Crippen LogP contribution in [0.5, 0.6) is 0 Å². The highest BCUT2D eigenvalue weighted by Gasteiger charge is 2.30. The van der Waals surface area contributed by atoms with Crippen molar-refractivity contribution in [3.8, 4) is 0 Å². The smallest absolute Gasteiger partial charge is 0.156 e. The predicted molar refractivity (Wildman–Crippen MR) is 77.4 cm³/mol. The van der Waals surface area contributed by atoms with Crippen molar-refractivity contribution in [3.05, 3.63) is 71.8 Å². The van der Waals surface area contributed by atoms with E-state index in [0.29, 0.717) is 0 Å². The van der Waals surface area contributed by atoms with E-state index in [2.05, 4.69) is 0 Å². The van der Waals surface area contributed by atoms with Crippen LogP contribution in [0.2, 0.25) is 0 Å². The first-order chi connectivity index (χ1) is 9.00. The van der Waals surface area contributed by atoms with E-state index in [9.17, 15) is 8.42 Å². The molecule has 2 aromatic carbocycles. The Morgan fingerprint density at radius 3 is 1.68 bits per heavy atom. The summed E-state index contributed by atoms with van der Waals surface area (Å²) in [5, 5.41) is -0.726. The molecule has 0 saturated carbocycles. The summed E-state index contributed by atoms with van der Waals surface area (Å²) in [5.41, 5.74) is 7.72. The van der Waals surface area contributed by atoms with Crippen LogP contribution in [0.1, 0.15) is 22.4 Å². The molecular formula is C15H17NO2S. The minimum absolute atomic E-state index is 0.571. The molecule has 0 saturated heterocycles. The number of hydrogen-bond donors (Lipinski definition) is 1. The van der Waals surface area contributed by atoms with Crippen LogP contribution in [0.25, 0.3) is 0 Å². The molecule has 0 aromatic heterocycles. The lowest BCUT2D eigenvalue weighted by atomic mass is 9.99. The van der Waals surface area contributed by atoms with E-state index in [4.69, 9.17) is 5.73 Å². The zero-order valence-electron chi connectivity index (χ0n) is 10.7. The Bertz CT molecular complexity index is 624. The summed E-state index contributed by atoms with van der Waals surface area (Å²) in [6, 6.07) is 17.8. The van der Waals surface area contributed by atoms with E-state index in [0.717, 1.165) is 11.1 Å².